The van der Waals surface area contributed by atoms with E-state index >= 15 is 0 Å². The molecule has 0 aliphatic rings. The van der Waals surface area contributed by atoms with Gasteiger partial charge in [-0.05, 0) is 61.8 Å². The first-order valence-electron chi connectivity index (χ1n) is 8.04. The van der Waals surface area contributed by atoms with Crippen LogP contribution >= 0.6 is 35.4 Å². The Morgan fingerprint density at radius 3 is 2.48 bits per heavy atom. The Hall–Kier alpha value is -1.49. The zero-order valence-electron chi connectivity index (χ0n) is 14.5. The minimum Gasteiger partial charge on any atom is -0.491 e. The van der Waals surface area contributed by atoms with Crippen LogP contribution in [0.25, 0.3) is 0 Å². The highest BCUT2D eigenvalue weighted by molar-refractivity contribution is 7.80. The van der Waals surface area contributed by atoms with Crippen LogP contribution in [0.15, 0.2) is 36.4 Å². The van der Waals surface area contributed by atoms with Crippen molar-refractivity contribution in [2.45, 2.75) is 33.4 Å². The summed E-state index contributed by atoms with van der Waals surface area (Å²) >= 11 is 17.4. The molecule has 0 saturated carbocycles. The summed E-state index contributed by atoms with van der Waals surface area (Å²) in [5, 5.41) is 8.16. The highest BCUT2D eigenvalue weighted by Crippen LogP contribution is 2.22. The molecule has 0 aliphatic carbocycles. The molecule has 134 valence electrons. The average Bonchev–Trinajstić information content (AvgIpc) is 2.53. The highest BCUT2D eigenvalue weighted by atomic mass is 35.5. The first kappa shape index (κ1) is 19.8. The summed E-state index contributed by atoms with van der Waals surface area (Å²) in [7, 11) is 0. The van der Waals surface area contributed by atoms with Crippen molar-refractivity contribution in [3.63, 3.8) is 0 Å². The number of para-hydroxylation sites is 1. The number of nitrogens with one attached hydrogen (secondary N) is 2. The lowest BCUT2D eigenvalue weighted by Gasteiger charge is -2.19. The van der Waals surface area contributed by atoms with Crippen molar-refractivity contribution >= 4 is 40.5 Å². The van der Waals surface area contributed by atoms with Crippen LogP contribution in [0.1, 0.15) is 23.6 Å². The first-order valence-corrected chi connectivity index (χ1v) is 9.20. The van der Waals surface area contributed by atoms with Gasteiger partial charge < -0.3 is 15.4 Å². The molecule has 1 atom stereocenters. The standard InChI is InChI=1S/C19H22Cl2N2OS/c1-12-5-4-6-13(2)18(12)24-11-14(3)23-19(25)22-10-15-7-8-16(20)9-17(15)21/h4-9,14H,10-11H2,1-3H3,(H2,22,23,25). The van der Waals surface area contributed by atoms with E-state index in [1.54, 1.807) is 6.07 Å². The summed E-state index contributed by atoms with van der Waals surface area (Å²) < 4.78 is 5.94. The van der Waals surface area contributed by atoms with Crippen LogP contribution < -0.4 is 15.4 Å². The van der Waals surface area contributed by atoms with E-state index in [2.05, 4.69) is 10.6 Å². The Bertz CT molecular complexity index is 732. The molecular formula is C19H22Cl2N2OS. The first-order chi connectivity index (χ1) is 11.9. The van der Waals surface area contributed by atoms with Crippen molar-refractivity contribution in [3.05, 3.63) is 63.1 Å². The summed E-state index contributed by atoms with van der Waals surface area (Å²) in [6, 6.07) is 11.6. The van der Waals surface area contributed by atoms with Crippen molar-refractivity contribution in [2.24, 2.45) is 0 Å². The minimum atomic E-state index is 0.0692. The summed E-state index contributed by atoms with van der Waals surface area (Å²) in [5.41, 5.74) is 3.20. The van der Waals surface area contributed by atoms with Gasteiger partial charge in [-0.2, -0.15) is 0 Å². The fraction of sp³-hybridized carbons (Fsp3) is 0.316. The Morgan fingerprint density at radius 2 is 1.84 bits per heavy atom. The number of hydrogen-bond donors (Lipinski definition) is 2. The van der Waals surface area contributed by atoms with Crippen molar-refractivity contribution in [1.29, 1.82) is 0 Å². The molecule has 0 saturated heterocycles. The van der Waals surface area contributed by atoms with Crippen molar-refractivity contribution in [1.82, 2.24) is 10.6 Å². The van der Waals surface area contributed by atoms with E-state index in [-0.39, 0.29) is 6.04 Å². The fourth-order valence-corrected chi connectivity index (χ4v) is 3.14. The number of halogens is 2. The van der Waals surface area contributed by atoms with Gasteiger partial charge in [0.25, 0.3) is 0 Å². The second-order valence-electron chi connectivity index (χ2n) is 6.00. The van der Waals surface area contributed by atoms with Gasteiger partial charge in [0.05, 0.1) is 6.04 Å². The van der Waals surface area contributed by atoms with Gasteiger partial charge >= 0.3 is 0 Å². The fourth-order valence-electron chi connectivity index (χ4n) is 2.39. The van der Waals surface area contributed by atoms with Crippen LogP contribution in [0.4, 0.5) is 0 Å². The third-order valence-corrected chi connectivity index (χ3v) is 4.57. The molecule has 6 heteroatoms. The lowest BCUT2D eigenvalue weighted by molar-refractivity contribution is 0.283. The third-order valence-electron chi connectivity index (χ3n) is 3.72. The van der Waals surface area contributed by atoms with Crippen LogP contribution in [0.3, 0.4) is 0 Å². The number of ether oxygens (including phenoxy) is 1. The predicted molar refractivity (Wildman–Crippen MR) is 110 cm³/mol. The normalized spacial score (nSPS) is 11.7. The molecule has 2 N–H and O–H groups in total. The van der Waals surface area contributed by atoms with E-state index in [0.717, 1.165) is 22.4 Å². The molecule has 0 heterocycles. The van der Waals surface area contributed by atoms with Gasteiger partial charge in [-0.3, -0.25) is 0 Å². The van der Waals surface area contributed by atoms with Crippen LogP contribution in [0.5, 0.6) is 5.75 Å². The molecule has 3 nitrogen and oxygen atoms in total. The van der Waals surface area contributed by atoms with Crippen LogP contribution in [-0.4, -0.2) is 17.8 Å². The lowest BCUT2D eigenvalue weighted by Crippen LogP contribution is -2.42. The summed E-state index contributed by atoms with van der Waals surface area (Å²) in [6.45, 7) is 7.17. The van der Waals surface area contributed by atoms with Crippen LogP contribution in [-0.2, 0) is 6.54 Å². The third kappa shape index (κ3) is 6.07. The number of rotatable bonds is 6. The number of hydrogen-bond acceptors (Lipinski definition) is 2. The van der Waals surface area contributed by atoms with Crippen LogP contribution in [0, 0.1) is 13.8 Å². The van der Waals surface area contributed by atoms with Crippen LogP contribution in [0.2, 0.25) is 10.0 Å². The lowest BCUT2D eigenvalue weighted by atomic mass is 10.1. The summed E-state index contributed by atoms with van der Waals surface area (Å²) in [4.78, 5) is 0. The van der Waals surface area contributed by atoms with Gasteiger partial charge in [0.2, 0.25) is 0 Å². The smallest absolute Gasteiger partial charge is 0.166 e. The van der Waals surface area contributed by atoms with E-state index in [9.17, 15) is 0 Å². The quantitative estimate of drug-likeness (QED) is 0.669. The van der Waals surface area contributed by atoms with Gasteiger partial charge in [-0.25, -0.2) is 0 Å². The van der Waals surface area contributed by atoms with Gasteiger partial charge in [-0.15, -0.1) is 0 Å². The molecule has 0 radical (unpaired) electrons. The van der Waals surface area contributed by atoms with E-state index in [4.69, 9.17) is 40.2 Å². The topological polar surface area (TPSA) is 33.3 Å². The summed E-state index contributed by atoms with van der Waals surface area (Å²) in [5.74, 6) is 0.933. The van der Waals surface area contributed by atoms with E-state index < -0.39 is 0 Å². The second kappa shape index (κ2) is 9.27. The number of thiocarbonyl (C=S) groups is 1. The largest absolute Gasteiger partial charge is 0.491 e. The van der Waals surface area contributed by atoms with E-state index in [1.165, 1.54) is 0 Å². The maximum Gasteiger partial charge on any atom is 0.166 e. The minimum absolute atomic E-state index is 0.0692. The Kier molecular flexibility index (Phi) is 7.36. The van der Waals surface area contributed by atoms with Gasteiger partial charge in [0, 0.05) is 16.6 Å². The maximum atomic E-state index is 6.16. The number of aryl methyl sites for hydroxylation is 2. The van der Waals surface area contributed by atoms with Gasteiger partial charge in [-0.1, -0.05) is 47.5 Å². The second-order valence-corrected chi connectivity index (χ2v) is 7.25. The van der Waals surface area contributed by atoms with E-state index in [1.807, 2.05) is 51.1 Å². The van der Waals surface area contributed by atoms with E-state index in [0.29, 0.717) is 28.3 Å². The molecule has 0 aromatic heterocycles. The Labute approximate surface area is 164 Å². The highest BCUT2D eigenvalue weighted by Gasteiger charge is 2.09. The molecule has 2 aromatic carbocycles. The molecule has 0 amide bonds. The molecule has 2 aromatic rings. The number of benzene rings is 2. The molecule has 0 aliphatic heterocycles. The Morgan fingerprint density at radius 1 is 1.16 bits per heavy atom. The predicted octanol–water partition coefficient (Wildman–Crippen LogP) is 5.04. The molecule has 0 spiro atoms. The van der Waals surface area contributed by atoms with Crippen molar-refractivity contribution in [2.75, 3.05) is 6.61 Å². The van der Waals surface area contributed by atoms with Crippen molar-refractivity contribution in [3.8, 4) is 5.75 Å². The average molecular weight is 397 g/mol. The molecule has 1 unspecified atom stereocenters. The molecule has 2 rings (SSSR count). The van der Waals surface area contributed by atoms with Crippen molar-refractivity contribution < 1.29 is 4.74 Å². The SMILES string of the molecule is Cc1cccc(C)c1OCC(C)NC(=S)NCc1ccc(Cl)cc1Cl. The molecule has 25 heavy (non-hydrogen) atoms. The molecular weight excluding hydrogens is 375 g/mol. The van der Waals surface area contributed by atoms with Gasteiger partial charge in [0.15, 0.2) is 5.11 Å². The molecule has 0 bridgehead atoms. The molecule has 0 fully saturated rings. The maximum absolute atomic E-state index is 6.16. The Balaban J connectivity index is 1.80. The summed E-state index contributed by atoms with van der Waals surface area (Å²) in [6.07, 6.45) is 0. The monoisotopic (exact) mass is 396 g/mol. The zero-order chi connectivity index (χ0) is 18.4. The van der Waals surface area contributed by atoms with Gasteiger partial charge in [0.1, 0.15) is 12.4 Å². The zero-order valence-corrected chi connectivity index (χ0v) is 16.9.